The van der Waals surface area contributed by atoms with Crippen molar-refractivity contribution in [2.75, 3.05) is 29.4 Å². The van der Waals surface area contributed by atoms with Crippen LogP contribution in [0.1, 0.15) is 5.56 Å². The van der Waals surface area contributed by atoms with Gasteiger partial charge in [-0.05, 0) is 48.5 Å². The van der Waals surface area contributed by atoms with Crippen LogP contribution in [0.25, 0.3) is 0 Å². The molecular weight excluding hydrogens is 492 g/mol. The second-order valence-corrected chi connectivity index (χ2v) is 9.29. The molecule has 184 valence electrons. The van der Waals surface area contributed by atoms with Gasteiger partial charge in [0.2, 0.25) is 5.91 Å². The Morgan fingerprint density at radius 3 is 2.37 bits per heavy atom. The van der Waals surface area contributed by atoms with Crippen molar-refractivity contribution < 1.29 is 40.2 Å². The second-order valence-electron chi connectivity index (χ2n) is 7.42. The van der Waals surface area contributed by atoms with Gasteiger partial charge in [-0.2, -0.15) is 13.2 Å². The van der Waals surface area contributed by atoms with Gasteiger partial charge in [-0.25, -0.2) is 12.8 Å². The van der Waals surface area contributed by atoms with Crippen LogP contribution >= 0.6 is 0 Å². The molecule has 0 saturated heterocycles. The Bertz CT molecular complexity index is 1360. The average Bonchev–Trinajstić information content (AvgIpc) is 2.81. The van der Waals surface area contributed by atoms with E-state index in [1.807, 2.05) is 0 Å². The quantitative estimate of drug-likeness (QED) is 0.496. The normalized spacial score (nSPS) is 13.3. The molecule has 0 unspecified atom stereocenters. The number of carbonyl (C=O) groups excluding carboxylic acids is 1. The maximum absolute atomic E-state index is 13.9. The first-order valence-electron chi connectivity index (χ1n) is 10.2. The molecule has 0 spiro atoms. The highest BCUT2D eigenvalue weighted by Gasteiger charge is 2.31. The van der Waals surface area contributed by atoms with Crippen LogP contribution in [0.3, 0.4) is 0 Å². The summed E-state index contributed by atoms with van der Waals surface area (Å²) in [4.78, 5) is 12.5. The standard InChI is InChI=1S/C23H18F4N2O5S/c24-16-4-2-6-18(12-16)29(14-22(30)28-17-5-1-3-15(11-17)23(25,26)27)35(31,32)19-7-8-20-21(13-19)34-10-9-33-20/h1-8,11-13H,9-10,14H2,(H,28,30). The molecule has 0 bridgehead atoms. The Morgan fingerprint density at radius 2 is 1.66 bits per heavy atom. The molecule has 0 saturated carbocycles. The fraction of sp³-hybridized carbons (Fsp3) is 0.174. The summed E-state index contributed by atoms with van der Waals surface area (Å²) >= 11 is 0. The molecule has 3 aromatic carbocycles. The number of hydrogen-bond acceptors (Lipinski definition) is 5. The first-order valence-corrected chi connectivity index (χ1v) is 11.6. The average molecular weight is 510 g/mol. The molecule has 1 aliphatic heterocycles. The topological polar surface area (TPSA) is 84.9 Å². The molecule has 12 heteroatoms. The van der Waals surface area contributed by atoms with Crippen molar-refractivity contribution in [3.63, 3.8) is 0 Å². The molecule has 1 amide bonds. The number of ether oxygens (including phenoxy) is 2. The molecule has 7 nitrogen and oxygen atoms in total. The molecule has 3 aromatic rings. The van der Waals surface area contributed by atoms with Crippen molar-refractivity contribution in [2.24, 2.45) is 0 Å². The highest BCUT2D eigenvalue weighted by molar-refractivity contribution is 7.92. The third-order valence-corrected chi connectivity index (χ3v) is 6.73. The second kappa shape index (κ2) is 9.45. The number of alkyl halides is 3. The van der Waals surface area contributed by atoms with Gasteiger partial charge in [0, 0.05) is 11.8 Å². The van der Waals surface area contributed by atoms with Crippen LogP contribution in [0.15, 0.2) is 71.6 Å². The van der Waals surface area contributed by atoms with E-state index in [4.69, 9.17) is 9.47 Å². The van der Waals surface area contributed by atoms with Crippen molar-refractivity contribution in [1.82, 2.24) is 0 Å². The smallest absolute Gasteiger partial charge is 0.416 e. The fourth-order valence-corrected chi connectivity index (χ4v) is 4.79. The largest absolute Gasteiger partial charge is 0.486 e. The van der Waals surface area contributed by atoms with Gasteiger partial charge in [0.15, 0.2) is 11.5 Å². The number of nitrogens with one attached hydrogen (secondary N) is 1. The first-order chi connectivity index (χ1) is 16.5. The van der Waals surface area contributed by atoms with E-state index in [-0.39, 0.29) is 28.6 Å². The zero-order valence-electron chi connectivity index (χ0n) is 17.9. The Kier molecular flexibility index (Phi) is 6.57. The summed E-state index contributed by atoms with van der Waals surface area (Å²) < 4.78 is 91.3. The maximum Gasteiger partial charge on any atom is 0.416 e. The van der Waals surface area contributed by atoms with Crippen LogP contribution < -0.4 is 19.1 Å². The van der Waals surface area contributed by atoms with Crippen LogP contribution in [-0.2, 0) is 21.0 Å². The van der Waals surface area contributed by atoms with Crippen LogP contribution in [0.2, 0.25) is 0 Å². The van der Waals surface area contributed by atoms with E-state index in [9.17, 15) is 30.8 Å². The highest BCUT2D eigenvalue weighted by Crippen LogP contribution is 2.34. The number of nitrogens with zero attached hydrogens (tertiary/aromatic N) is 1. The van der Waals surface area contributed by atoms with E-state index >= 15 is 0 Å². The molecule has 1 aliphatic rings. The molecule has 35 heavy (non-hydrogen) atoms. The lowest BCUT2D eigenvalue weighted by molar-refractivity contribution is -0.137. The molecule has 0 aliphatic carbocycles. The van der Waals surface area contributed by atoms with Gasteiger partial charge in [-0.1, -0.05) is 12.1 Å². The lowest BCUT2D eigenvalue weighted by Gasteiger charge is -2.25. The maximum atomic E-state index is 13.9. The fourth-order valence-electron chi connectivity index (χ4n) is 3.36. The van der Waals surface area contributed by atoms with Crippen molar-refractivity contribution in [2.45, 2.75) is 11.1 Å². The predicted molar refractivity (Wildman–Crippen MR) is 118 cm³/mol. The summed E-state index contributed by atoms with van der Waals surface area (Å²) in [6, 6.07) is 12.3. The van der Waals surface area contributed by atoms with E-state index in [0.717, 1.165) is 30.3 Å². The molecule has 4 rings (SSSR count). The molecule has 0 aromatic heterocycles. The zero-order chi connectivity index (χ0) is 25.2. The van der Waals surface area contributed by atoms with Gasteiger partial charge in [-0.3, -0.25) is 9.10 Å². The van der Waals surface area contributed by atoms with Crippen LogP contribution in [0.4, 0.5) is 28.9 Å². The van der Waals surface area contributed by atoms with E-state index in [1.54, 1.807) is 0 Å². The summed E-state index contributed by atoms with van der Waals surface area (Å²) in [5, 5.41) is 2.26. The number of fused-ring (bicyclic) bond motifs is 1. The van der Waals surface area contributed by atoms with Crippen LogP contribution in [0, 0.1) is 5.82 Å². The highest BCUT2D eigenvalue weighted by atomic mass is 32.2. The van der Waals surface area contributed by atoms with Gasteiger partial charge < -0.3 is 14.8 Å². The van der Waals surface area contributed by atoms with Crippen molar-refractivity contribution in [3.8, 4) is 11.5 Å². The Morgan fingerprint density at radius 1 is 0.943 bits per heavy atom. The minimum atomic E-state index is -4.63. The van der Waals surface area contributed by atoms with E-state index in [2.05, 4.69) is 5.32 Å². The Hall–Kier alpha value is -3.80. The lowest BCUT2D eigenvalue weighted by atomic mass is 10.2. The number of amides is 1. The van der Waals surface area contributed by atoms with E-state index in [0.29, 0.717) is 16.7 Å². The summed E-state index contributed by atoms with van der Waals surface area (Å²) in [6.07, 6.45) is -4.63. The number of rotatable bonds is 6. The number of benzene rings is 3. The third kappa shape index (κ3) is 5.48. The zero-order valence-corrected chi connectivity index (χ0v) is 18.7. The number of halogens is 4. The van der Waals surface area contributed by atoms with Crippen molar-refractivity contribution in [3.05, 3.63) is 78.1 Å². The molecule has 0 radical (unpaired) electrons. The Balaban J connectivity index is 1.66. The minimum Gasteiger partial charge on any atom is -0.486 e. The van der Waals surface area contributed by atoms with Gasteiger partial charge in [0.25, 0.3) is 10.0 Å². The van der Waals surface area contributed by atoms with Gasteiger partial charge in [-0.15, -0.1) is 0 Å². The molecule has 0 atom stereocenters. The molecule has 0 fully saturated rings. The monoisotopic (exact) mass is 510 g/mol. The lowest BCUT2D eigenvalue weighted by Crippen LogP contribution is -2.38. The predicted octanol–water partition coefficient (Wildman–Crippen LogP) is 4.45. The molecular formula is C23H18F4N2O5S. The summed E-state index contributed by atoms with van der Waals surface area (Å²) in [5.41, 5.74) is -1.32. The summed E-state index contributed by atoms with van der Waals surface area (Å²) in [5.74, 6) is -1.16. The molecule has 1 N–H and O–H groups in total. The van der Waals surface area contributed by atoms with E-state index < -0.39 is 40.0 Å². The number of carbonyl (C=O) groups is 1. The molecule has 1 heterocycles. The van der Waals surface area contributed by atoms with Crippen LogP contribution in [0.5, 0.6) is 11.5 Å². The van der Waals surface area contributed by atoms with Crippen molar-refractivity contribution >= 4 is 27.3 Å². The Labute approximate surface area is 197 Å². The third-order valence-electron chi connectivity index (χ3n) is 4.96. The number of hydrogen-bond donors (Lipinski definition) is 1. The van der Waals surface area contributed by atoms with Crippen molar-refractivity contribution in [1.29, 1.82) is 0 Å². The van der Waals surface area contributed by atoms with Gasteiger partial charge in [0.1, 0.15) is 25.6 Å². The first kappa shape index (κ1) is 24.3. The van der Waals surface area contributed by atoms with E-state index in [1.165, 1.54) is 36.4 Å². The summed E-state index contributed by atoms with van der Waals surface area (Å²) in [7, 11) is -4.43. The van der Waals surface area contributed by atoms with Crippen LogP contribution in [-0.4, -0.2) is 34.1 Å². The van der Waals surface area contributed by atoms with Gasteiger partial charge in [0.05, 0.1) is 16.1 Å². The summed E-state index contributed by atoms with van der Waals surface area (Å²) in [6.45, 7) is -0.329. The van der Waals surface area contributed by atoms with Gasteiger partial charge >= 0.3 is 6.18 Å². The number of sulfonamides is 1. The number of anilines is 2. The SMILES string of the molecule is O=C(CN(c1cccc(F)c1)S(=O)(=O)c1ccc2c(c1)OCCO2)Nc1cccc(C(F)(F)F)c1. The minimum absolute atomic E-state index is 0.154.